The fraction of sp³-hybridized carbons (Fsp3) is 0.400. The normalized spacial score (nSPS) is 26.2. The molecule has 0 amide bonds. The molecule has 1 saturated heterocycles. The molecule has 128 valence electrons. The van der Waals surface area contributed by atoms with Crippen molar-refractivity contribution >= 4 is 9.84 Å². The number of epoxide rings is 1. The third kappa shape index (κ3) is 2.58. The smallest absolute Gasteiger partial charge is 0.211 e. The molecule has 2 atom stereocenters. The van der Waals surface area contributed by atoms with Crippen molar-refractivity contribution < 1.29 is 13.2 Å². The van der Waals surface area contributed by atoms with Gasteiger partial charge in [-0.2, -0.15) is 0 Å². The zero-order valence-electron chi connectivity index (χ0n) is 14.2. The van der Waals surface area contributed by atoms with Crippen molar-refractivity contribution in [2.75, 3.05) is 0 Å². The third-order valence-electron chi connectivity index (χ3n) is 4.98. The van der Waals surface area contributed by atoms with E-state index in [2.05, 4.69) is 6.92 Å². The average molecular weight is 344 g/mol. The van der Waals surface area contributed by atoms with E-state index < -0.39 is 20.4 Å². The van der Waals surface area contributed by atoms with Crippen molar-refractivity contribution in [3.05, 3.63) is 66.2 Å². The highest BCUT2D eigenvalue weighted by Crippen LogP contribution is 2.62. The minimum absolute atomic E-state index is 0.334. The van der Waals surface area contributed by atoms with E-state index in [0.29, 0.717) is 11.3 Å². The Morgan fingerprint density at radius 1 is 0.917 bits per heavy atom. The van der Waals surface area contributed by atoms with Crippen LogP contribution in [-0.4, -0.2) is 13.4 Å². The number of benzene rings is 2. The molecule has 0 saturated carbocycles. The molecule has 3 rings (SSSR count). The van der Waals surface area contributed by atoms with E-state index in [0.717, 1.165) is 24.8 Å². The lowest BCUT2D eigenvalue weighted by Gasteiger charge is -2.18. The Morgan fingerprint density at radius 2 is 1.50 bits per heavy atom. The van der Waals surface area contributed by atoms with Crippen molar-refractivity contribution in [2.45, 2.75) is 55.0 Å². The van der Waals surface area contributed by atoms with Crippen LogP contribution in [0.5, 0.6) is 0 Å². The van der Waals surface area contributed by atoms with E-state index in [1.165, 1.54) is 0 Å². The second kappa shape index (κ2) is 6.34. The second-order valence-corrected chi connectivity index (χ2v) is 8.67. The summed E-state index contributed by atoms with van der Waals surface area (Å²) in [6.45, 7) is 4.01. The maximum atomic E-state index is 13.4. The molecule has 24 heavy (non-hydrogen) atoms. The van der Waals surface area contributed by atoms with Crippen molar-refractivity contribution in [3.63, 3.8) is 0 Å². The highest BCUT2D eigenvalue weighted by Gasteiger charge is 2.75. The quantitative estimate of drug-likeness (QED) is 0.541. The van der Waals surface area contributed by atoms with Gasteiger partial charge in [0.2, 0.25) is 14.8 Å². The molecular weight excluding hydrogens is 320 g/mol. The SMILES string of the molecule is CCCCCC1(S(=O)(=O)c2ccccc2)OC1(C)c1ccccc1. The van der Waals surface area contributed by atoms with E-state index in [9.17, 15) is 8.42 Å². The maximum absolute atomic E-state index is 13.4. The third-order valence-corrected chi connectivity index (χ3v) is 7.41. The van der Waals surface area contributed by atoms with Crippen LogP contribution in [0.4, 0.5) is 0 Å². The molecule has 0 aromatic heterocycles. The Kier molecular flexibility index (Phi) is 4.54. The van der Waals surface area contributed by atoms with E-state index in [1.54, 1.807) is 24.3 Å². The number of rotatable bonds is 7. The van der Waals surface area contributed by atoms with Crippen LogP contribution in [0.3, 0.4) is 0 Å². The van der Waals surface area contributed by atoms with Crippen molar-refractivity contribution in [2.24, 2.45) is 0 Å². The Hall–Kier alpha value is -1.65. The number of ether oxygens (including phenoxy) is 1. The first-order chi connectivity index (χ1) is 11.5. The van der Waals surface area contributed by atoms with Crippen LogP contribution in [0, 0.1) is 0 Å². The molecule has 0 bridgehead atoms. The summed E-state index contributed by atoms with van der Waals surface area (Å²) in [6.07, 6.45) is 3.40. The van der Waals surface area contributed by atoms with Gasteiger partial charge in [-0.05, 0) is 37.5 Å². The molecule has 1 fully saturated rings. The number of sulfone groups is 1. The molecule has 0 radical (unpaired) electrons. The molecule has 4 heteroatoms. The van der Waals surface area contributed by atoms with Gasteiger partial charge in [-0.1, -0.05) is 68.3 Å². The van der Waals surface area contributed by atoms with Gasteiger partial charge in [-0.3, -0.25) is 0 Å². The lowest BCUT2D eigenvalue weighted by molar-refractivity contribution is 0.292. The van der Waals surface area contributed by atoms with Crippen LogP contribution in [-0.2, 0) is 20.2 Å². The van der Waals surface area contributed by atoms with Gasteiger partial charge in [0, 0.05) is 0 Å². The first kappa shape index (κ1) is 17.2. The van der Waals surface area contributed by atoms with Crippen LogP contribution in [0.2, 0.25) is 0 Å². The summed E-state index contributed by atoms with van der Waals surface area (Å²) in [4.78, 5) is -0.834. The average Bonchev–Trinajstić information content (AvgIpc) is 3.25. The van der Waals surface area contributed by atoms with Crippen LogP contribution >= 0.6 is 0 Å². The monoisotopic (exact) mass is 344 g/mol. The Balaban J connectivity index is 2.03. The topological polar surface area (TPSA) is 46.7 Å². The van der Waals surface area contributed by atoms with Crippen LogP contribution in [0.1, 0.15) is 45.1 Å². The van der Waals surface area contributed by atoms with Gasteiger partial charge in [0.25, 0.3) is 0 Å². The summed E-state index contributed by atoms with van der Waals surface area (Å²) in [7, 11) is -3.59. The summed E-state index contributed by atoms with van der Waals surface area (Å²) in [5.74, 6) is 0. The Labute approximate surface area is 144 Å². The maximum Gasteiger partial charge on any atom is 0.211 e. The zero-order valence-corrected chi connectivity index (χ0v) is 15.1. The molecule has 1 aliphatic heterocycles. The summed E-state index contributed by atoms with van der Waals surface area (Å²) in [5, 5.41) is 0. The highest BCUT2D eigenvalue weighted by molar-refractivity contribution is 7.93. The number of unbranched alkanes of at least 4 members (excludes halogenated alkanes) is 2. The zero-order chi connectivity index (χ0) is 17.3. The van der Waals surface area contributed by atoms with Crippen molar-refractivity contribution in [3.8, 4) is 0 Å². The van der Waals surface area contributed by atoms with Gasteiger partial charge >= 0.3 is 0 Å². The fourth-order valence-corrected chi connectivity index (χ4v) is 5.69. The Bertz CT molecular complexity index is 786. The van der Waals surface area contributed by atoms with Crippen LogP contribution < -0.4 is 0 Å². The van der Waals surface area contributed by atoms with Crippen LogP contribution in [0.15, 0.2) is 65.6 Å². The standard InChI is InChI=1S/C20H24O3S/c1-3-4-11-16-20(24(21,22)18-14-9-6-10-15-18)19(2,23-20)17-12-7-5-8-13-17/h5-10,12-15H,3-4,11,16H2,1-2H3. The molecule has 0 N–H and O–H groups in total. The van der Waals surface area contributed by atoms with Crippen molar-refractivity contribution in [1.29, 1.82) is 0 Å². The van der Waals surface area contributed by atoms with Crippen LogP contribution in [0.25, 0.3) is 0 Å². The summed E-state index contributed by atoms with van der Waals surface area (Å²) in [6, 6.07) is 18.3. The number of hydrogen-bond donors (Lipinski definition) is 0. The van der Waals surface area contributed by atoms with E-state index in [-0.39, 0.29) is 0 Å². The van der Waals surface area contributed by atoms with Gasteiger partial charge in [0.05, 0.1) is 4.90 Å². The summed E-state index contributed by atoms with van der Waals surface area (Å²) < 4.78 is 32.8. The molecule has 0 aliphatic carbocycles. The first-order valence-corrected chi connectivity index (χ1v) is 10.0. The minimum atomic E-state index is -3.59. The van der Waals surface area contributed by atoms with Gasteiger partial charge < -0.3 is 4.74 Å². The molecule has 2 unspecified atom stereocenters. The highest BCUT2D eigenvalue weighted by atomic mass is 32.2. The van der Waals surface area contributed by atoms with Gasteiger partial charge in [-0.25, -0.2) is 8.42 Å². The van der Waals surface area contributed by atoms with E-state index >= 15 is 0 Å². The second-order valence-electron chi connectivity index (χ2n) is 6.53. The van der Waals surface area contributed by atoms with Crippen molar-refractivity contribution in [1.82, 2.24) is 0 Å². The molecule has 1 aliphatic rings. The fourth-order valence-electron chi connectivity index (χ4n) is 3.47. The lowest BCUT2D eigenvalue weighted by atomic mass is 9.94. The molecule has 0 spiro atoms. The van der Waals surface area contributed by atoms with E-state index in [4.69, 9.17) is 4.74 Å². The predicted molar refractivity (Wildman–Crippen MR) is 95.4 cm³/mol. The summed E-state index contributed by atoms with van der Waals surface area (Å²) >= 11 is 0. The largest absolute Gasteiger partial charge is 0.340 e. The molecule has 2 aromatic carbocycles. The van der Waals surface area contributed by atoms with Gasteiger partial charge in [-0.15, -0.1) is 0 Å². The molecule has 3 nitrogen and oxygen atoms in total. The van der Waals surface area contributed by atoms with Gasteiger partial charge in [0.15, 0.2) is 0 Å². The Morgan fingerprint density at radius 3 is 2.08 bits per heavy atom. The molecule has 2 aromatic rings. The van der Waals surface area contributed by atoms with Gasteiger partial charge in [0.1, 0.15) is 5.60 Å². The predicted octanol–water partition coefficient (Wildman–Crippen LogP) is 4.68. The molecular formula is C20H24O3S. The van der Waals surface area contributed by atoms with E-state index in [1.807, 2.05) is 43.3 Å². The minimum Gasteiger partial charge on any atom is -0.340 e. The summed E-state index contributed by atoms with van der Waals surface area (Å²) in [5.41, 5.74) is 0.123. The first-order valence-electron chi connectivity index (χ1n) is 8.53. The number of hydrogen-bond acceptors (Lipinski definition) is 3. The molecule has 1 heterocycles. The lowest BCUT2D eigenvalue weighted by Crippen LogP contribution is -2.32.